The number of amides is 1. The summed E-state index contributed by atoms with van der Waals surface area (Å²) in [5.41, 5.74) is 2.39. The van der Waals surface area contributed by atoms with Crippen LogP contribution in [0.2, 0.25) is 0 Å². The molecule has 0 aliphatic carbocycles. The Kier molecular flexibility index (Phi) is 4.12. The van der Waals surface area contributed by atoms with Crippen LogP contribution in [0, 0.1) is 11.6 Å². The summed E-state index contributed by atoms with van der Waals surface area (Å²) < 4.78 is 26.3. The molecule has 24 heavy (non-hydrogen) atoms. The summed E-state index contributed by atoms with van der Waals surface area (Å²) in [4.78, 5) is 18.2. The van der Waals surface area contributed by atoms with Gasteiger partial charge in [0.1, 0.15) is 11.5 Å². The number of carbonyl (C=O) groups is 1. The van der Waals surface area contributed by atoms with Crippen molar-refractivity contribution in [3.8, 4) is 0 Å². The molecule has 0 fully saturated rings. The van der Waals surface area contributed by atoms with Gasteiger partial charge in [-0.15, -0.1) is 0 Å². The van der Waals surface area contributed by atoms with Crippen LogP contribution in [0.5, 0.6) is 0 Å². The zero-order valence-corrected chi connectivity index (χ0v) is 13.2. The highest BCUT2D eigenvalue weighted by atomic mass is 19.2. The molecule has 3 rings (SSSR count). The Hall–Kier alpha value is -3.02. The number of aliphatic imine (C=N–C) groups is 1. The van der Waals surface area contributed by atoms with E-state index < -0.39 is 11.6 Å². The normalized spacial score (nSPS) is 15.4. The number of hydrogen-bond donors (Lipinski definition) is 1. The van der Waals surface area contributed by atoms with Crippen LogP contribution < -0.4 is 10.2 Å². The molecule has 0 radical (unpaired) electrons. The van der Waals surface area contributed by atoms with Crippen LogP contribution in [0.3, 0.4) is 0 Å². The van der Waals surface area contributed by atoms with E-state index in [0.29, 0.717) is 5.56 Å². The first-order chi connectivity index (χ1) is 11.4. The molecule has 0 unspecified atom stereocenters. The number of benzene rings is 2. The van der Waals surface area contributed by atoms with E-state index in [4.69, 9.17) is 0 Å². The van der Waals surface area contributed by atoms with Gasteiger partial charge in [0, 0.05) is 25.3 Å². The lowest BCUT2D eigenvalue weighted by Gasteiger charge is -2.11. The highest BCUT2D eigenvalue weighted by Gasteiger charge is 2.21. The highest BCUT2D eigenvalue weighted by Crippen LogP contribution is 2.18. The zero-order valence-electron chi connectivity index (χ0n) is 13.2. The molecule has 0 saturated carbocycles. The van der Waals surface area contributed by atoms with Gasteiger partial charge in [0.2, 0.25) is 0 Å². The Morgan fingerprint density at radius 3 is 2.38 bits per heavy atom. The average molecular weight is 327 g/mol. The smallest absolute Gasteiger partial charge is 0.275 e. The summed E-state index contributed by atoms with van der Waals surface area (Å²) in [6.45, 7) is 0. The van der Waals surface area contributed by atoms with E-state index in [-0.39, 0.29) is 17.4 Å². The van der Waals surface area contributed by atoms with Crippen LogP contribution in [0.15, 0.2) is 53.2 Å². The van der Waals surface area contributed by atoms with Crippen LogP contribution in [0.1, 0.15) is 11.1 Å². The van der Waals surface area contributed by atoms with Gasteiger partial charge in [-0.2, -0.15) is 0 Å². The third-order valence-electron chi connectivity index (χ3n) is 3.60. The van der Waals surface area contributed by atoms with Crippen molar-refractivity contribution < 1.29 is 13.6 Å². The Morgan fingerprint density at radius 1 is 1.04 bits per heavy atom. The number of rotatable bonds is 3. The monoisotopic (exact) mass is 327 g/mol. The third-order valence-corrected chi connectivity index (χ3v) is 3.60. The molecule has 1 amide bonds. The molecule has 1 heterocycles. The van der Waals surface area contributed by atoms with E-state index >= 15 is 0 Å². The average Bonchev–Trinajstić information content (AvgIpc) is 2.91. The topological polar surface area (TPSA) is 44.7 Å². The minimum atomic E-state index is -0.985. The van der Waals surface area contributed by atoms with Gasteiger partial charge in [-0.1, -0.05) is 12.1 Å². The largest absolute Gasteiger partial charge is 0.378 e. The quantitative estimate of drug-likeness (QED) is 0.881. The van der Waals surface area contributed by atoms with Gasteiger partial charge in [0.15, 0.2) is 11.6 Å². The summed E-state index contributed by atoms with van der Waals surface area (Å²) in [6.07, 6.45) is 1.64. The van der Waals surface area contributed by atoms with Crippen molar-refractivity contribution >= 4 is 23.5 Å². The second kappa shape index (κ2) is 6.23. The standard InChI is InChI=1S/C18H15F2N3O/c1-23(2)13-6-3-11(4-7-13)9-16-18(24)22-17(21-16)12-5-8-14(19)15(20)10-12/h3-10H,1-2H3,(H,21,22,24)/b16-9+. The van der Waals surface area contributed by atoms with Gasteiger partial charge in [-0.05, 0) is 42.0 Å². The fourth-order valence-electron chi connectivity index (χ4n) is 2.28. The first kappa shape index (κ1) is 15.9. The molecule has 1 aliphatic rings. The lowest BCUT2D eigenvalue weighted by atomic mass is 10.1. The first-order valence-electron chi connectivity index (χ1n) is 7.28. The van der Waals surface area contributed by atoms with Gasteiger partial charge < -0.3 is 10.2 Å². The number of nitrogens with zero attached hydrogens (tertiary/aromatic N) is 2. The highest BCUT2D eigenvalue weighted by molar-refractivity contribution is 6.19. The van der Waals surface area contributed by atoms with Crippen molar-refractivity contribution in [1.29, 1.82) is 0 Å². The van der Waals surface area contributed by atoms with E-state index in [2.05, 4.69) is 10.3 Å². The lowest BCUT2D eigenvalue weighted by molar-refractivity contribution is -0.115. The number of amidine groups is 1. The lowest BCUT2D eigenvalue weighted by Crippen LogP contribution is -2.24. The second-order valence-electron chi connectivity index (χ2n) is 5.56. The van der Waals surface area contributed by atoms with Crippen LogP contribution >= 0.6 is 0 Å². The maximum absolute atomic E-state index is 13.3. The van der Waals surface area contributed by atoms with E-state index in [0.717, 1.165) is 23.4 Å². The third kappa shape index (κ3) is 3.17. The molecule has 1 N–H and O–H groups in total. The Balaban J connectivity index is 1.89. The molecule has 2 aromatic carbocycles. The van der Waals surface area contributed by atoms with E-state index in [1.54, 1.807) is 6.08 Å². The second-order valence-corrected chi connectivity index (χ2v) is 5.56. The number of halogens is 2. The van der Waals surface area contributed by atoms with Crippen LogP contribution in [-0.2, 0) is 4.79 Å². The minimum absolute atomic E-state index is 0.204. The maximum Gasteiger partial charge on any atom is 0.275 e. The van der Waals surface area contributed by atoms with Gasteiger partial charge in [-0.25, -0.2) is 13.8 Å². The van der Waals surface area contributed by atoms with Gasteiger partial charge >= 0.3 is 0 Å². The molecule has 0 aromatic heterocycles. The van der Waals surface area contributed by atoms with Crippen LogP contribution in [0.4, 0.5) is 14.5 Å². The summed E-state index contributed by atoms with van der Waals surface area (Å²) in [7, 11) is 3.88. The first-order valence-corrected chi connectivity index (χ1v) is 7.28. The van der Waals surface area contributed by atoms with Crippen molar-refractivity contribution in [2.24, 2.45) is 4.99 Å². The fraction of sp³-hybridized carbons (Fsp3) is 0.111. The number of nitrogens with one attached hydrogen (secondary N) is 1. The number of anilines is 1. The summed E-state index contributed by atoms with van der Waals surface area (Å²) in [5, 5.41) is 2.56. The van der Waals surface area contributed by atoms with Crippen molar-refractivity contribution in [1.82, 2.24) is 5.32 Å². The summed E-state index contributed by atoms with van der Waals surface area (Å²) >= 11 is 0. The van der Waals surface area contributed by atoms with Crippen molar-refractivity contribution in [2.45, 2.75) is 0 Å². The van der Waals surface area contributed by atoms with Crippen LogP contribution in [-0.4, -0.2) is 25.8 Å². The van der Waals surface area contributed by atoms with Crippen LogP contribution in [0.25, 0.3) is 6.08 Å². The molecule has 1 aliphatic heterocycles. The number of carbonyl (C=O) groups excluding carboxylic acids is 1. The predicted molar refractivity (Wildman–Crippen MR) is 89.8 cm³/mol. The molecule has 2 aromatic rings. The minimum Gasteiger partial charge on any atom is -0.378 e. The molecule has 0 bridgehead atoms. The SMILES string of the molecule is CN(C)c1ccc(/C=C2/N=C(c3ccc(F)c(F)c3)NC2=O)cc1. The molecule has 0 spiro atoms. The summed E-state index contributed by atoms with van der Waals surface area (Å²) in [6, 6.07) is 11.0. The Morgan fingerprint density at radius 2 is 1.75 bits per heavy atom. The van der Waals surface area contributed by atoms with E-state index in [1.165, 1.54) is 6.07 Å². The summed E-state index contributed by atoms with van der Waals surface area (Å²) in [5.74, 6) is -2.11. The van der Waals surface area contributed by atoms with Crippen molar-refractivity contribution in [2.75, 3.05) is 19.0 Å². The van der Waals surface area contributed by atoms with Gasteiger partial charge in [0.05, 0.1) is 0 Å². The van der Waals surface area contributed by atoms with Gasteiger partial charge in [0.25, 0.3) is 5.91 Å². The zero-order chi connectivity index (χ0) is 17.3. The number of hydrogen-bond acceptors (Lipinski definition) is 3. The van der Waals surface area contributed by atoms with E-state index in [9.17, 15) is 13.6 Å². The molecule has 4 nitrogen and oxygen atoms in total. The van der Waals surface area contributed by atoms with Gasteiger partial charge in [-0.3, -0.25) is 4.79 Å². The van der Waals surface area contributed by atoms with Crippen molar-refractivity contribution in [3.05, 3.63) is 70.9 Å². The van der Waals surface area contributed by atoms with E-state index in [1.807, 2.05) is 43.3 Å². The molecule has 6 heteroatoms. The Bertz CT molecular complexity index is 855. The predicted octanol–water partition coefficient (Wildman–Crippen LogP) is 2.95. The molecular formula is C18H15F2N3O. The molecule has 122 valence electrons. The molecule has 0 saturated heterocycles. The Labute approximate surface area is 138 Å². The molecular weight excluding hydrogens is 312 g/mol. The maximum atomic E-state index is 13.3. The molecule has 0 atom stereocenters. The van der Waals surface area contributed by atoms with Crippen molar-refractivity contribution in [3.63, 3.8) is 0 Å². The fourth-order valence-corrected chi connectivity index (χ4v) is 2.28.